The smallest absolute Gasteiger partial charge is 0.295 e. The summed E-state index contributed by atoms with van der Waals surface area (Å²) < 4.78 is 7.22. The van der Waals surface area contributed by atoms with Gasteiger partial charge >= 0.3 is 0 Å². The summed E-state index contributed by atoms with van der Waals surface area (Å²) in [5.74, 6) is -1.32. The first kappa shape index (κ1) is 23.7. The van der Waals surface area contributed by atoms with E-state index >= 15 is 0 Å². The summed E-state index contributed by atoms with van der Waals surface area (Å²) in [6.07, 6.45) is 3.32. The van der Waals surface area contributed by atoms with Crippen LogP contribution in [0.1, 0.15) is 15.9 Å². The Morgan fingerprint density at radius 2 is 1.66 bits per heavy atom. The molecule has 0 atom stereocenters. The number of aryl methyl sites for hydroxylation is 1. The van der Waals surface area contributed by atoms with Crippen molar-refractivity contribution >= 4 is 28.9 Å². The fourth-order valence-electron chi connectivity index (χ4n) is 4.15. The quantitative estimate of drug-likeness (QED) is 0.434. The Morgan fingerprint density at radius 1 is 1.00 bits per heavy atom. The van der Waals surface area contributed by atoms with Gasteiger partial charge in [-0.05, 0) is 24.3 Å². The second kappa shape index (κ2) is 9.84. The second-order valence-electron chi connectivity index (χ2n) is 8.23. The number of piperazine rings is 1. The number of aromatic nitrogens is 2. The van der Waals surface area contributed by atoms with E-state index in [1.54, 1.807) is 29.2 Å². The maximum Gasteiger partial charge on any atom is 0.295 e. The van der Waals surface area contributed by atoms with Gasteiger partial charge in [0.15, 0.2) is 0 Å². The Morgan fingerprint density at radius 3 is 2.26 bits per heavy atom. The van der Waals surface area contributed by atoms with E-state index in [1.165, 1.54) is 18.2 Å². The number of nitrogen functional groups attached to an aromatic ring is 1. The molecule has 2 amide bonds. The molecule has 0 spiro atoms. The Labute approximate surface area is 203 Å². The lowest BCUT2D eigenvalue weighted by Crippen LogP contribution is -2.52. The molecule has 1 aromatic carbocycles. The third kappa shape index (κ3) is 4.52. The highest BCUT2D eigenvalue weighted by atomic mass is 16.5. The van der Waals surface area contributed by atoms with Crippen LogP contribution in [0.25, 0.3) is 17.0 Å². The summed E-state index contributed by atoms with van der Waals surface area (Å²) in [6, 6.07) is 12.7. The van der Waals surface area contributed by atoms with Gasteiger partial charge in [-0.15, -0.1) is 0 Å². The van der Waals surface area contributed by atoms with E-state index in [9.17, 15) is 14.4 Å². The Bertz CT molecular complexity index is 1290. The third-order valence-electron chi connectivity index (χ3n) is 6.13. The van der Waals surface area contributed by atoms with Crippen LogP contribution < -0.4 is 10.5 Å². The number of Topliss-reactive ketones (excluding diaryl/α,β-unsaturated/α-hetero) is 1. The minimum atomic E-state index is -0.776. The van der Waals surface area contributed by atoms with E-state index in [4.69, 9.17) is 10.5 Å². The summed E-state index contributed by atoms with van der Waals surface area (Å²) in [4.78, 5) is 46.4. The maximum absolute atomic E-state index is 13.2. The fraction of sp³-hybridized carbons (Fsp3) is 0.231. The molecule has 0 unspecified atom stereocenters. The van der Waals surface area contributed by atoms with E-state index < -0.39 is 11.7 Å². The molecule has 9 nitrogen and oxygen atoms in total. The highest BCUT2D eigenvalue weighted by Gasteiger charge is 2.32. The average molecular weight is 474 g/mol. The number of nitrogens with two attached hydrogens (primary N) is 1. The van der Waals surface area contributed by atoms with Crippen LogP contribution in [0.2, 0.25) is 0 Å². The molecular weight excluding hydrogens is 446 g/mol. The van der Waals surface area contributed by atoms with Gasteiger partial charge in [0.05, 0.1) is 30.3 Å². The van der Waals surface area contributed by atoms with E-state index in [2.05, 4.69) is 11.6 Å². The molecule has 0 bridgehead atoms. The number of hydrogen-bond acceptors (Lipinski definition) is 6. The molecule has 180 valence electrons. The molecule has 1 aliphatic rings. The number of nitrogens with zero attached hydrogens (tertiary/aromatic N) is 4. The van der Waals surface area contributed by atoms with Gasteiger partial charge in [-0.25, -0.2) is 4.98 Å². The van der Waals surface area contributed by atoms with Crippen molar-refractivity contribution in [1.29, 1.82) is 0 Å². The Kier molecular flexibility index (Phi) is 6.68. The highest BCUT2D eigenvalue weighted by molar-refractivity contribution is 6.53. The maximum atomic E-state index is 13.2. The number of pyridine rings is 1. The summed E-state index contributed by atoms with van der Waals surface area (Å²) >= 11 is 0. The van der Waals surface area contributed by atoms with Gasteiger partial charge in [-0.2, -0.15) is 0 Å². The zero-order chi connectivity index (χ0) is 25.1. The average Bonchev–Trinajstić information content (AvgIpc) is 3.32. The first-order valence-electron chi connectivity index (χ1n) is 11.1. The predicted octanol–water partition coefficient (Wildman–Crippen LogP) is 2.24. The summed E-state index contributed by atoms with van der Waals surface area (Å²) in [5, 5.41) is 0. The van der Waals surface area contributed by atoms with Crippen molar-refractivity contribution in [2.45, 2.75) is 0 Å². The Balaban J connectivity index is 1.50. The molecule has 35 heavy (non-hydrogen) atoms. The van der Waals surface area contributed by atoms with Crippen LogP contribution in [0.3, 0.4) is 0 Å². The topological polar surface area (TPSA) is 111 Å². The molecule has 0 radical (unpaired) electrons. The second-order valence-corrected chi connectivity index (χ2v) is 8.23. The van der Waals surface area contributed by atoms with Crippen LogP contribution in [0.4, 0.5) is 5.69 Å². The lowest BCUT2D eigenvalue weighted by atomic mass is 9.98. The zero-order valence-electron chi connectivity index (χ0n) is 19.7. The third-order valence-corrected chi connectivity index (χ3v) is 6.13. The van der Waals surface area contributed by atoms with Gasteiger partial charge in [0.25, 0.3) is 17.6 Å². The molecule has 3 aromatic rings. The van der Waals surface area contributed by atoms with Crippen LogP contribution in [0.15, 0.2) is 61.4 Å². The summed E-state index contributed by atoms with van der Waals surface area (Å²) in [5.41, 5.74) is 8.59. The van der Waals surface area contributed by atoms with Crippen molar-refractivity contribution in [1.82, 2.24) is 19.4 Å². The van der Waals surface area contributed by atoms with Gasteiger partial charge in [-0.3, -0.25) is 14.4 Å². The minimum Gasteiger partial charge on any atom is -0.494 e. The molecule has 4 rings (SSSR count). The largest absolute Gasteiger partial charge is 0.494 e. The monoisotopic (exact) mass is 473 g/mol. The number of ether oxygens (including phenoxy) is 1. The van der Waals surface area contributed by atoms with Crippen LogP contribution >= 0.6 is 0 Å². The van der Waals surface area contributed by atoms with E-state index in [-0.39, 0.29) is 41.6 Å². The van der Waals surface area contributed by atoms with E-state index in [1.807, 2.05) is 36.0 Å². The van der Waals surface area contributed by atoms with E-state index in [0.717, 1.165) is 5.69 Å². The highest BCUT2D eigenvalue weighted by Crippen LogP contribution is 2.37. The molecule has 3 heterocycles. The molecule has 0 aliphatic carbocycles. The van der Waals surface area contributed by atoms with Crippen molar-refractivity contribution in [2.24, 2.45) is 7.05 Å². The lowest BCUT2D eigenvalue weighted by Gasteiger charge is -2.34. The molecule has 0 saturated carbocycles. The van der Waals surface area contributed by atoms with Gasteiger partial charge in [0.1, 0.15) is 11.4 Å². The number of methoxy groups -OCH3 is 1. The molecule has 2 N–H and O–H groups in total. The van der Waals surface area contributed by atoms with Crippen molar-refractivity contribution in [3.05, 3.63) is 72.6 Å². The summed E-state index contributed by atoms with van der Waals surface area (Å²) in [6.45, 7) is 5.03. The molecule has 9 heteroatoms. The van der Waals surface area contributed by atoms with E-state index in [0.29, 0.717) is 24.3 Å². The normalized spacial score (nSPS) is 13.4. The standard InChI is InChI=1S/C26H27N5O4/c1-17(21-20(35-3)16-28-23(22(21)27)19-10-7-11-29(19)2)24(32)26(34)31-14-12-30(13-15-31)25(33)18-8-5-4-6-9-18/h4-11,16H,1,12-15,27H2,2-3H3. The number of amides is 2. The number of ketones is 1. The molecule has 1 fully saturated rings. The van der Waals surface area contributed by atoms with Crippen molar-refractivity contribution in [2.75, 3.05) is 39.0 Å². The SMILES string of the molecule is C=C(C(=O)C(=O)N1CCN(C(=O)c2ccccc2)CC1)c1c(OC)cnc(-c2cccn2C)c1N. The molecular formula is C26H27N5O4. The number of carbonyl (C=O) groups excluding carboxylic acids is 3. The van der Waals surface area contributed by atoms with Gasteiger partial charge in [0, 0.05) is 50.6 Å². The minimum absolute atomic E-state index is 0.0648. The number of benzene rings is 1. The number of carbonyl (C=O) groups is 3. The summed E-state index contributed by atoms with van der Waals surface area (Å²) in [7, 11) is 3.29. The molecule has 1 aliphatic heterocycles. The van der Waals surface area contributed by atoms with Crippen molar-refractivity contribution < 1.29 is 19.1 Å². The van der Waals surface area contributed by atoms with Crippen LogP contribution in [-0.4, -0.2) is 70.2 Å². The lowest BCUT2D eigenvalue weighted by molar-refractivity contribution is -0.142. The van der Waals surface area contributed by atoms with Crippen LogP contribution in [0.5, 0.6) is 5.75 Å². The van der Waals surface area contributed by atoms with Gasteiger partial charge < -0.3 is 24.8 Å². The number of anilines is 1. The number of hydrogen-bond donors (Lipinski definition) is 1. The van der Waals surface area contributed by atoms with Gasteiger partial charge in [0.2, 0.25) is 0 Å². The first-order chi connectivity index (χ1) is 16.8. The zero-order valence-corrected chi connectivity index (χ0v) is 19.7. The number of rotatable bonds is 6. The van der Waals surface area contributed by atoms with Crippen molar-refractivity contribution in [3.63, 3.8) is 0 Å². The van der Waals surface area contributed by atoms with Gasteiger partial charge in [-0.1, -0.05) is 24.8 Å². The fourth-order valence-corrected chi connectivity index (χ4v) is 4.15. The van der Waals surface area contributed by atoms with Crippen LogP contribution in [-0.2, 0) is 16.6 Å². The Hall–Kier alpha value is -4.40. The van der Waals surface area contributed by atoms with Crippen LogP contribution in [0, 0.1) is 0 Å². The predicted molar refractivity (Wildman–Crippen MR) is 133 cm³/mol. The molecule has 2 aromatic heterocycles. The molecule has 1 saturated heterocycles. The first-order valence-corrected chi connectivity index (χ1v) is 11.1. The van der Waals surface area contributed by atoms with Crippen molar-refractivity contribution in [3.8, 4) is 17.1 Å².